The predicted octanol–water partition coefficient (Wildman–Crippen LogP) is 3.55. The number of hydrogen-bond donors (Lipinski definition) is 3. The average molecular weight is 481 g/mol. The highest BCUT2D eigenvalue weighted by atomic mass is 16.5. The fraction of sp³-hybridized carbons (Fsp3) is 0.444. The molecule has 8 heteroatoms. The maximum Gasteiger partial charge on any atom is 0.407 e. The largest absolute Gasteiger partial charge is 0.479 e. The lowest BCUT2D eigenvalue weighted by Crippen LogP contribution is -2.51. The first-order valence-electron chi connectivity index (χ1n) is 12.1. The summed E-state index contributed by atoms with van der Waals surface area (Å²) < 4.78 is 10.9. The summed E-state index contributed by atoms with van der Waals surface area (Å²) in [5, 5.41) is 14.8. The van der Waals surface area contributed by atoms with Crippen molar-refractivity contribution in [2.75, 3.05) is 19.8 Å². The monoisotopic (exact) mass is 480 g/mol. The number of ether oxygens (including phenoxy) is 2. The summed E-state index contributed by atoms with van der Waals surface area (Å²) in [6.45, 7) is 4.51. The molecule has 8 nitrogen and oxygen atoms in total. The van der Waals surface area contributed by atoms with Crippen molar-refractivity contribution in [3.05, 3.63) is 59.7 Å². The topological polar surface area (TPSA) is 114 Å². The van der Waals surface area contributed by atoms with E-state index in [1.54, 1.807) is 0 Å². The number of benzene rings is 2. The molecule has 1 saturated heterocycles. The highest BCUT2D eigenvalue weighted by Gasteiger charge is 2.35. The Kier molecular flexibility index (Phi) is 7.70. The second-order valence-electron chi connectivity index (χ2n) is 9.26. The second kappa shape index (κ2) is 10.9. The summed E-state index contributed by atoms with van der Waals surface area (Å²) in [7, 11) is 0. The van der Waals surface area contributed by atoms with Gasteiger partial charge in [0.1, 0.15) is 12.6 Å². The van der Waals surface area contributed by atoms with Crippen LogP contribution in [0.25, 0.3) is 11.1 Å². The Balaban J connectivity index is 1.37. The fourth-order valence-electron chi connectivity index (χ4n) is 4.93. The van der Waals surface area contributed by atoms with E-state index in [9.17, 15) is 19.5 Å². The van der Waals surface area contributed by atoms with Gasteiger partial charge >= 0.3 is 12.1 Å². The van der Waals surface area contributed by atoms with Gasteiger partial charge in [0.15, 0.2) is 6.10 Å². The molecule has 0 spiro atoms. The molecule has 4 atom stereocenters. The van der Waals surface area contributed by atoms with Gasteiger partial charge in [-0.2, -0.15) is 0 Å². The molecule has 186 valence electrons. The van der Waals surface area contributed by atoms with Crippen LogP contribution in [0, 0.1) is 11.8 Å². The molecule has 1 fully saturated rings. The number of fused-ring (bicyclic) bond motifs is 3. The lowest BCUT2D eigenvalue weighted by atomic mass is 9.97. The molecule has 2 aromatic rings. The molecule has 0 bridgehead atoms. The standard InChI is InChI=1S/C27H32N2O6/c1-3-16(2)23(25(30)28-14-17-12-13-34-24(17)26(31)32)29-27(33)35-15-22-20-10-6-4-8-18(20)19-9-5-7-11-21(19)22/h4-11,16-17,22-24H,3,12-15H2,1-2H3,(H,28,30)(H,29,33)(H,31,32)/t16?,17-,23-,24-/m0/s1. The minimum Gasteiger partial charge on any atom is -0.479 e. The zero-order chi connectivity index (χ0) is 24.9. The van der Waals surface area contributed by atoms with Crippen LogP contribution in [0.5, 0.6) is 0 Å². The molecule has 1 heterocycles. The molecule has 35 heavy (non-hydrogen) atoms. The Morgan fingerprint density at radius 2 is 1.71 bits per heavy atom. The average Bonchev–Trinajstić information content (AvgIpc) is 3.47. The minimum atomic E-state index is -1.03. The number of carbonyl (C=O) groups is 3. The van der Waals surface area contributed by atoms with Gasteiger partial charge < -0.3 is 25.2 Å². The summed E-state index contributed by atoms with van der Waals surface area (Å²) in [6.07, 6.45) is -0.343. The number of carboxylic acid groups (broad SMARTS) is 1. The first-order valence-corrected chi connectivity index (χ1v) is 12.1. The normalized spacial score (nSPS) is 20.4. The van der Waals surface area contributed by atoms with Crippen molar-refractivity contribution in [1.82, 2.24) is 10.6 Å². The van der Waals surface area contributed by atoms with Crippen molar-refractivity contribution < 1.29 is 29.0 Å². The van der Waals surface area contributed by atoms with Crippen molar-refractivity contribution in [3.63, 3.8) is 0 Å². The maximum absolute atomic E-state index is 12.9. The van der Waals surface area contributed by atoms with Gasteiger partial charge in [0.05, 0.1) is 0 Å². The third-order valence-electron chi connectivity index (χ3n) is 7.11. The van der Waals surface area contributed by atoms with Gasteiger partial charge in [0, 0.05) is 25.0 Å². The highest BCUT2D eigenvalue weighted by Crippen LogP contribution is 2.44. The molecule has 1 unspecified atom stereocenters. The highest BCUT2D eigenvalue weighted by molar-refractivity contribution is 5.86. The molecule has 1 aliphatic carbocycles. The van der Waals surface area contributed by atoms with Gasteiger partial charge in [-0.3, -0.25) is 4.79 Å². The molecule has 1 aliphatic heterocycles. The van der Waals surface area contributed by atoms with Gasteiger partial charge in [-0.05, 0) is 34.6 Å². The Hall–Kier alpha value is -3.39. The predicted molar refractivity (Wildman–Crippen MR) is 130 cm³/mol. The van der Waals surface area contributed by atoms with E-state index in [2.05, 4.69) is 22.8 Å². The number of rotatable bonds is 9. The molecule has 3 N–H and O–H groups in total. The van der Waals surface area contributed by atoms with Crippen molar-refractivity contribution in [2.45, 2.75) is 44.8 Å². The van der Waals surface area contributed by atoms with Crippen molar-refractivity contribution in [3.8, 4) is 11.1 Å². The molecule has 0 aromatic heterocycles. The zero-order valence-electron chi connectivity index (χ0n) is 20.0. The van der Waals surface area contributed by atoms with E-state index in [4.69, 9.17) is 9.47 Å². The molecular weight excluding hydrogens is 448 g/mol. The number of aliphatic carboxylic acids is 1. The second-order valence-corrected chi connectivity index (χ2v) is 9.26. The van der Waals surface area contributed by atoms with E-state index in [0.29, 0.717) is 19.4 Å². The molecule has 0 radical (unpaired) electrons. The third kappa shape index (κ3) is 5.32. The fourth-order valence-corrected chi connectivity index (χ4v) is 4.93. The molecule has 2 amide bonds. The van der Waals surface area contributed by atoms with Crippen LogP contribution in [-0.2, 0) is 19.1 Å². The van der Waals surface area contributed by atoms with Crippen LogP contribution in [0.3, 0.4) is 0 Å². The molecular formula is C27H32N2O6. The Bertz CT molecular complexity index is 1040. The summed E-state index contributed by atoms with van der Waals surface area (Å²) in [6, 6.07) is 15.4. The van der Waals surface area contributed by atoms with Crippen molar-refractivity contribution in [1.29, 1.82) is 0 Å². The summed E-state index contributed by atoms with van der Waals surface area (Å²) >= 11 is 0. The third-order valence-corrected chi connectivity index (χ3v) is 7.11. The summed E-state index contributed by atoms with van der Waals surface area (Å²) in [4.78, 5) is 37.0. The van der Waals surface area contributed by atoms with Gasteiger partial charge in [0.25, 0.3) is 0 Å². The number of carboxylic acids is 1. The summed E-state index contributed by atoms with van der Waals surface area (Å²) in [5.41, 5.74) is 4.52. The Morgan fingerprint density at radius 1 is 1.09 bits per heavy atom. The maximum atomic E-state index is 12.9. The minimum absolute atomic E-state index is 0.0701. The number of amides is 2. The molecule has 2 aliphatic rings. The number of nitrogens with one attached hydrogen (secondary N) is 2. The molecule has 4 rings (SSSR count). The first-order chi connectivity index (χ1) is 16.9. The van der Waals surface area contributed by atoms with Crippen LogP contribution in [0.15, 0.2) is 48.5 Å². The smallest absolute Gasteiger partial charge is 0.407 e. The van der Waals surface area contributed by atoms with E-state index in [1.165, 1.54) is 0 Å². The summed E-state index contributed by atoms with van der Waals surface area (Å²) in [5.74, 6) is -1.89. The van der Waals surface area contributed by atoms with Crippen LogP contribution in [0.1, 0.15) is 43.7 Å². The van der Waals surface area contributed by atoms with Gasteiger partial charge in [-0.25, -0.2) is 9.59 Å². The van der Waals surface area contributed by atoms with Crippen LogP contribution >= 0.6 is 0 Å². The number of alkyl carbamates (subject to hydrolysis) is 1. The van der Waals surface area contributed by atoms with Crippen molar-refractivity contribution >= 4 is 18.0 Å². The van der Waals surface area contributed by atoms with Gasteiger partial charge in [0.2, 0.25) is 5.91 Å². The van der Waals surface area contributed by atoms with Crippen LogP contribution < -0.4 is 10.6 Å². The quantitative estimate of drug-likeness (QED) is 0.506. The van der Waals surface area contributed by atoms with E-state index >= 15 is 0 Å². The van der Waals surface area contributed by atoms with E-state index in [0.717, 1.165) is 22.3 Å². The van der Waals surface area contributed by atoms with Crippen molar-refractivity contribution in [2.24, 2.45) is 11.8 Å². The zero-order valence-corrected chi connectivity index (χ0v) is 20.0. The van der Waals surface area contributed by atoms with E-state index in [-0.39, 0.29) is 36.8 Å². The van der Waals surface area contributed by atoms with Gasteiger partial charge in [-0.15, -0.1) is 0 Å². The lowest BCUT2D eigenvalue weighted by Gasteiger charge is -2.25. The van der Waals surface area contributed by atoms with E-state index in [1.807, 2.05) is 50.2 Å². The Morgan fingerprint density at radius 3 is 2.31 bits per heavy atom. The Labute approximate surface area is 205 Å². The number of carbonyl (C=O) groups excluding carboxylic acids is 2. The molecule has 2 aromatic carbocycles. The van der Waals surface area contributed by atoms with Gasteiger partial charge in [-0.1, -0.05) is 68.8 Å². The van der Waals surface area contributed by atoms with Crippen LogP contribution in [0.2, 0.25) is 0 Å². The lowest BCUT2D eigenvalue weighted by molar-refractivity contribution is -0.149. The number of hydrogen-bond acceptors (Lipinski definition) is 5. The van der Waals surface area contributed by atoms with E-state index < -0.39 is 24.2 Å². The molecule has 0 saturated carbocycles. The van der Waals surface area contributed by atoms with Crippen LogP contribution in [0.4, 0.5) is 4.79 Å². The SMILES string of the molecule is CCC(C)[C@H](NC(=O)OCC1c2ccccc2-c2ccccc21)C(=O)NC[C@@H]1CCO[C@@H]1C(=O)O. The first kappa shape index (κ1) is 24.7. The van der Waals surface area contributed by atoms with Crippen LogP contribution in [-0.4, -0.2) is 55.0 Å².